The molecule has 2 N–H and O–H groups in total. The minimum Gasteiger partial charge on any atom is -0.464 e. The predicted octanol–water partition coefficient (Wildman–Crippen LogP) is 1.45. The fourth-order valence-electron chi connectivity index (χ4n) is 2.07. The van der Waals surface area contributed by atoms with E-state index in [1.54, 1.807) is 29.7 Å². The maximum Gasteiger partial charge on any atom is 0.297 e. The average Bonchev–Trinajstić information content (AvgIpc) is 2.54. The molecule has 1 aromatic rings. The van der Waals surface area contributed by atoms with Crippen LogP contribution in [0.15, 0.2) is 29.4 Å². The fraction of sp³-hybridized carbons (Fsp3) is 0.429. The summed E-state index contributed by atoms with van der Waals surface area (Å²) in [5.74, 6) is -0.332. The number of hydrogen-bond donors (Lipinski definition) is 2. The second-order valence-corrected chi connectivity index (χ2v) is 4.47. The minimum absolute atomic E-state index is 0.0774. The summed E-state index contributed by atoms with van der Waals surface area (Å²) in [5, 5.41) is 12.4. The largest absolute Gasteiger partial charge is 0.464 e. The van der Waals surface area contributed by atoms with Crippen LogP contribution in [0, 0.1) is 0 Å². The second-order valence-electron chi connectivity index (χ2n) is 4.47. The molecule has 21 heavy (non-hydrogen) atoms. The van der Waals surface area contributed by atoms with Crippen LogP contribution in [0.25, 0.3) is 0 Å². The van der Waals surface area contributed by atoms with Crippen molar-refractivity contribution in [3.8, 4) is 5.75 Å². The van der Waals surface area contributed by atoms with Gasteiger partial charge >= 0.3 is 0 Å². The number of rotatable bonds is 5. The molecule has 1 atom stereocenters. The van der Waals surface area contributed by atoms with E-state index in [1.165, 1.54) is 7.11 Å². The highest BCUT2D eigenvalue weighted by atomic mass is 16.7. The van der Waals surface area contributed by atoms with Crippen molar-refractivity contribution in [1.29, 1.82) is 0 Å². The lowest BCUT2D eigenvalue weighted by Gasteiger charge is -2.24. The summed E-state index contributed by atoms with van der Waals surface area (Å²) in [7, 11) is 1.32. The molecule has 1 fully saturated rings. The monoisotopic (exact) mass is 294 g/mol. The summed E-state index contributed by atoms with van der Waals surface area (Å²) >= 11 is 0. The number of amides is 1. The van der Waals surface area contributed by atoms with E-state index in [9.17, 15) is 4.79 Å². The molecule has 0 saturated carbocycles. The second kappa shape index (κ2) is 7.61. The smallest absolute Gasteiger partial charge is 0.297 e. The highest BCUT2D eigenvalue weighted by molar-refractivity contribution is 6.45. The topological polar surface area (TPSA) is 89.4 Å². The number of benzene rings is 1. The zero-order valence-electron chi connectivity index (χ0n) is 11.7. The summed E-state index contributed by atoms with van der Waals surface area (Å²) < 4.78 is 11.3. The van der Waals surface area contributed by atoms with E-state index in [0.717, 1.165) is 19.3 Å². The summed E-state index contributed by atoms with van der Waals surface area (Å²) in [6.07, 6.45) is 2.49. The first-order valence-electron chi connectivity index (χ1n) is 6.69. The molecule has 0 spiro atoms. The number of ether oxygens (including phenoxy) is 2. The molecule has 0 aromatic heterocycles. The van der Waals surface area contributed by atoms with Crippen LogP contribution in [-0.2, 0) is 14.4 Å². The first-order valence-corrected chi connectivity index (χ1v) is 6.69. The van der Waals surface area contributed by atoms with E-state index in [1.807, 2.05) is 0 Å². The highest BCUT2D eigenvalue weighted by Gasteiger charge is 2.22. The third-order valence-electron chi connectivity index (χ3n) is 3.04. The lowest BCUT2D eigenvalue weighted by molar-refractivity contribution is -0.122. The van der Waals surface area contributed by atoms with Crippen LogP contribution in [-0.4, -0.2) is 36.8 Å². The Bertz CT molecular complexity index is 512. The number of carbonyl (C=O) groups is 1. The molecule has 1 aliphatic rings. The van der Waals surface area contributed by atoms with Crippen LogP contribution in [0.1, 0.15) is 24.8 Å². The molecule has 1 heterocycles. The lowest BCUT2D eigenvalue weighted by Crippen LogP contribution is -2.30. The molecular weight excluding hydrogens is 276 g/mol. The van der Waals surface area contributed by atoms with Crippen LogP contribution in [0.5, 0.6) is 5.75 Å². The maximum atomic E-state index is 11.7. The van der Waals surface area contributed by atoms with Crippen molar-refractivity contribution in [3.05, 3.63) is 29.8 Å². The van der Waals surface area contributed by atoms with Crippen molar-refractivity contribution in [1.82, 2.24) is 5.48 Å². The molecule has 114 valence electrons. The Morgan fingerprint density at radius 2 is 2.24 bits per heavy atom. The summed E-state index contributed by atoms with van der Waals surface area (Å²) in [6.45, 7) is 0.656. The van der Waals surface area contributed by atoms with Gasteiger partial charge in [0.1, 0.15) is 12.9 Å². The van der Waals surface area contributed by atoms with Gasteiger partial charge in [0.15, 0.2) is 12.0 Å². The quantitative estimate of drug-likeness (QED) is 0.487. The van der Waals surface area contributed by atoms with E-state index >= 15 is 0 Å². The van der Waals surface area contributed by atoms with E-state index in [2.05, 4.69) is 9.99 Å². The van der Waals surface area contributed by atoms with Gasteiger partial charge in [-0.05, 0) is 25.0 Å². The van der Waals surface area contributed by atoms with Gasteiger partial charge in [-0.2, -0.15) is 0 Å². The Kier molecular flexibility index (Phi) is 5.53. The molecule has 0 bridgehead atoms. The van der Waals surface area contributed by atoms with Crippen molar-refractivity contribution in [3.63, 3.8) is 0 Å². The molecule has 2 rings (SSSR count). The zero-order chi connectivity index (χ0) is 15.1. The fourth-order valence-corrected chi connectivity index (χ4v) is 2.07. The van der Waals surface area contributed by atoms with Gasteiger partial charge < -0.3 is 14.3 Å². The number of hydrogen-bond acceptors (Lipinski definition) is 6. The molecule has 1 unspecified atom stereocenters. The Balaban J connectivity index is 2.26. The van der Waals surface area contributed by atoms with Crippen LogP contribution < -0.4 is 10.2 Å². The normalized spacial score (nSPS) is 19.0. The molecular formula is C14H18N2O5. The third-order valence-corrected chi connectivity index (χ3v) is 3.04. The van der Waals surface area contributed by atoms with Crippen molar-refractivity contribution in [2.45, 2.75) is 25.6 Å². The standard InChI is InChI=1S/C14H18N2O5/c1-19-16-13(14(17)15-18)10-6-2-3-7-11(10)21-12-8-4-5-9-20-12/h2-3,6-7,12,18H,4-5,8-9H2,1H3,(H,15,17). The summed E-state index contributed by atoms with van der Waals surface area (Å²) in [6, 6.07) is 6.89. The molecule has 1 aromatic carbocycles. The minimum atomic E-state index is -0.780. The highest BCUT2D eigenvalue weighted by Crippen LogP contribution is 2.24. The Hall–Kier alpha value is -2.12. The summed E-state index contributed by atoms with van der Waals surface area (Å²) in [5.41, 5.74) is 1.88. The molecule has 1 saturated heterocycles. The average molecular weight is 294 g/mol. The van der Waals surface area contributed by atoms with Crippen LogP contribution in [0.2, 0.25) is 0 Å². The van der Waals surface area contributed by atoms with E-state index in [-0.39, 0.29) is 12.0 Å². The van der Waals surface area contributed by atoms with E-state index in [0.29, 0.717) is 17.9 Å². The van der Waals surface area contributed by atoms with Gasteiger partial charge in [0, 0.05) is 6.42 Å². The van der Waals surface area contributed by atoms with Gasteiger partial charge in [-0.1, -0.05) is 17.3 Å². The molecule has 7 nitrogen and oxygen atoms in total. The molecule has 0 aliphatic carbocycles. The van der Waals surface area contributed by atoms with Gasteiger partial charge in [0.05, 0.1) is 12.2 Å². The number of hydroxylamine groups is 1. The van der Waals surface area contributed by atoms with Gasteiger partial charge in [-0.3, -0.25) is 10.0 Å². The Labute approximate surface area is 122 Å². The Morgan fingerprint density at radius 3 is 2.90 bits per heavy atom. The van der Waals surface area contributed by atoms with Crippen molar-refractivity contribution < 1.29 is 24.3 Å². The zero-order valence-corrected chi connectivity index (χ0v) is 11.7. The van der Waals surface area contributed by atoms with Crippen LogP contribution in [0.3, 0.4) is 0 Å². The van der Waals surface area contributed by atoms with Crippen LogP contribution in [0.4, 0.5) is 0 Å². The number of carbonyl (C=O) groups excluding carboxylic acids is 1. The SMILES string of the molecule is CON=C(C(=O)NO)c1ccccc1OC1CCCCO1. The number of nitrogens with zero attached hydrogens (tertiary/aromatic N) is 1. The van der Waals surface area contributed by atoms with Crippen LogP contribution >= 0.6 is 0 Å². The molecule has 7 heteroatoms. The maximum absolute atomic E-state index is 11.7. The molecule has 1 aliphatic heterocycles. The first kappa shape index (κ1) is 15.3. The van der Waals surface area contributed by atoms with Gasteiger partial charge in [-0.25, -0.2) is 5.48 Å². The predicted molar refractivity (Wildman–Crippen MR) is 74.1 cm³/mol. The molecule has 0 radical (unpaired) electrons. The Morgan fingerprint density at radius 1 is 1.43 bits per heavy atom. The number of nitrogens with one attached hydrogen (secondary N) is 1. The first-order chi connectivity index (χ1) is 10.3. The third kappa shape index (κ3) is 3.93. The number of oxime groups is 1. The number of para-hydroxylation sites is 1. The lowest BCUT2D eigenvalue weighted by atomic mass is 10.1. The van der Waals surface area contributed by atoms with Gasteiger partial charge in [-0.15, -0.1) is 0 Å². The van der Waals surface area contributed by atoms with Crippen molar-refractivity contribution >= 4 is 11.6 Å². The van der Waals surface area contributed by atoms with E-state index in [4.69, 9.17) is 14.7 Å². The van der Waals surface area contributed by atoms with E-state index < -0.39 is 5.91 Å². The van der Waals surface area contributed by atoms with Gasteiger partial charge in [0.25, 0.3) is 5.91 Å². The summed E-state index contributed by atoms with van der Waals surface area (Å²) in [4.78, 5) is 16.3. The molecule has 1 amide bonds. The van der Waals surface area contributed by atoms with Crippen molar-refractivity contribution in [2.24, 2.45) is 5.16 Å². The van der Waals surface area contributed by atoms with Gasteiger partial charge in [0.2, 0.25) is 0 Å². The van der Waals surface area contributed by atoms with Crippen molar-refractivity contribution in [2.75, 3.05) is 13.7 Å².